The molecule has 0 radical (unpaired) electrons. The zero-order valence-corrected chi connectivity index (χ0v) is 13.8. The Labute approximate surface area is 133 Å². The van der Waals surface area contributed by atoms with Crippen molar-refractivity contribution in [1.82, 2.24) is 5.32 Å². The number of amides is 1. The maximum atomic E-state index is 12.3. The lowest BCUT2D eigenvalue weighted by molar-refractivity contribution is 0.0913. The van der Waals surface area contributed by atoms with Crippen LogP contribution in [-0.2, 0) is 6.42 Å². The van der Waals surface area contributed by atoms with Crippen LogP contribution in [0.2, 0.25) is 0 Å². The summed E-state index contributed by atoms with van der Waals surface area (Å²) in [6.45, 7) is 4.09. The summed E-state index contributed by atoms with van der Waals surface area (Å²) in [5.41, 5.74) is 1.65. The van der Waals surface area contributed by atoms with Crippen molar-refractivity contribution >= 4 is 28.5 Å². The van der Waals surface area contributed by atoms with Crippen LogP contribution >= 0.6 is 22.6 Å². The second-order valence-corrected chi connectivity index (χ2v) is 6.76. The Bertz CT molecular complexity index is 593. The Kier molecular flexibility index (Phi) is 4.81. The number of rotatable bonds is 4. The summed E-state index contributed by atoms with van der Waals surface area (Å²) < 4.78 is 1.07. The smallest absolute Gasteiger partial charge is 0.251 e. The van der Waals surface area contributed by atoms with Crippen LogP contribution in [-0.4, -0.2) is 11.4 Å². The lowest BCUT2D eigenvalue weighted by atomic mass is 9.94. The minimum absolute atomic E-state index is 0.0237. The summed E-state index contributed by atoms with van der Waals surface area (Å²) in [5.74, 6) is -0.0237. The van der Waals surface area contributed by atoms with Crippen molar-refractivity contribution in [3.05, 3.63) is 69.3 Å². The standard InChI is InChI=1S/C17H18INO/c1-17(2,12-13-7-4-3-5-8-13)19-16(20)14-9-6-10-15(18)11-14/h3-11H,12H2,1-2H3,(H,19,20). The molecule has 2 aromatic rings. The normalized spacial score (nSPS) is 11.2. The number of carbonyl (C=O) groups excluding carboxylic acids is 1. The molecule has 0 aliphatic carbocycles. The Morgan fingerprint density at radius 3 is 2.45 bits per heavy atom. The Hall–Kier alpha value is -1.36. The lowest BCUT2D eigenvalue weighted by Crippen LogP contribution is -2.45. The van der Waals surface area contributed by atoms with Crippen LogP contribution in [0.25, 0.3) is 0 Å². The van der Waals surface area contributed by atoms with Gasteiger partial charge in [-0.15, -0.1) is 0 Å². The quantitative estimate of drug-likeness (QED) is 0.799. The van der Waals surface area contributed by atoms with E-state index in [9.17, 15) is 4.79 Å². The molecule has 0 fully saturated rings. The molecule has 2 aromatic carbocycles. The molecular formula is C17H18INO. The molecule has 1 N–H and O–H groups in total. The van der Waals surface area contributed by atoms with Crippen LogP contribution < -0.4 is 5.32 Å². The van der Waals surface area contributed by atoms with Crippen molar-refractivity contribution in [2.45, 2.75) is 25.8 Å². The van der Waals surface area contributed by atoms with Gasteiger partial charge in [-0.3, -0.25) is 4.79 Å². The highest BCUT2D eigenvalue weighted by atomic mass is 127. The van der Waals surface area contributed by atoms with E-state index in [4.69, 9.17) is 0 Å². The summed E-state index contributed by atoms with van der Waals surface area (Å²) in [6, 6.07) is 17.8. The first kappa shape index (κ1) is 15.0. The second-order valence-electron chi connectivity index (χ2n) is 5.51. The number of carbonyl (C=O) groups is 1. The fourth-order valence-corrected chi connectivity index (χ4v) is 2.70. The van der Waals surface area contributed by atoms with Crippen LogP contribution in [0.5, 0.6) is 0 Å². The van der Waals surface area contributed by atoms with Crippen LogP contribution in [0.3, 0.4) is 0 Å². The number of nitrogens with one attached hydrogen (secondary N) is 1. The van der Waals surface area contributed by atoms with E-state index < -0.39 is 0 Å². The highest BCUT2D eigenvalue weighted by molar-refractivity contribution is 14.1. The molecule has 0 saturated carbocycles. The maximum absolute atomic E-state index is 12.3. The SMILES string of the molecule is CC(C)(Cc1ccccc1)NC(=O)c1cccc(I)c1. The Balaban J connectivity index is 2.06. The third kappa shape index (κ3) is 4.34. The van der Waals surface area contributed by atoms with E-state index in [2.05, 4.69) is 40.0 Å². The van der Waals surface area contributed by atoms with Crippen LogP contribution in [0.15, 0.2) is 54.6 Å². The summed E-state index contributed by atoms with van der Waals surface area (Å²) in [7, 11) is 0. The summed E-state index contributed by atoms with van der Waals surface area (Å²) in [6.07, 6.45) is 0.809. The van der Waals surface area contributed by atoms with Gasteiger partial charge in [-0.25, -0.2) is 0 Å². The van der Waals surface area contributed by atoms with Gasteiger partial charge in [-0.2, -0.15) is 0 Å². The Morgan fingerprint density at radius 1 is 1.10 bits per heavy atom. The molecule has 0 heterocycles. The summed E-state index contributed by atoms with van der Waals surface area (Å²) >= 11 is 2.21. The number of hydrogen-bond donors (Lipinski definition) is 1. The van der Waals surface area contributed by atoms with Gasteiger partial charge in [0.15, 0.2) is 0 Å². The lowest BCUT2D eigenvalue weighted by Gasteiger charge is -2.26. The minimum Gasteiger partial charge on any atom is -0.347 e. The summed E-state index contributed by atoms with van der Waals surface area (Å²) in [4.78, 5) is 12.3. The van der Waals surface area contributed by atoms with Gasteiger partial charge in [0.25, 0.3) is 5.91 Å². The first-order valence-electron chi connectivity index (χ1n) is 6.58. The molecule has 0 unspecified atom stereocenters. The summed E-state index contributed by atoms with van der Waals surface area (Å²) in [5, 5.41) is 3.11. The molecule has 20 heavy (non-hydrogen) atoms. The second kappa shape index (κ2) is 6.39. The van der Waals surface area contributed by atoms with E-state index in [0.717, 1.165) is 9.99 Å². The van der Waals surface area contributed by atoms with Gasteiger partial charge >= 0.3 is 0 Å². The van der Waals surface area contributed by atoms with Gasteiger partial charge < -0.3 is 5.32 Å². The fourth-order valence-electron chi connectivity index (χ4n) is 2.16. The van der Waals surface area contributed by atoms with E-state index in [1.54, 1.807) is 0 Å². The maximum Gasteiger partial charge on any atom is 0.251 e. The van der Waals surface area contributed by atoms with Crippen molar-refractivity contribution in [1.29, 1.82) is 0 Å². The van der Waals surface area contributed by atoms with Crippen LogP contribution in [0.1, 0.15) is 29.8 Å². The molecule has 3 heteroatoms. The molecule has 0 spiro atoms. The van der Waals surface area contributed by atoms with E-state index in [1.165, 1.54) is 5.56 Å². The minimum atomic E-state index is -0.278. The van der Waals surface area contributed by atoms with Crippen molar-refractivity contribution in [3.63, 3.8) is 0 Å². The molecule has 0 aromatic heterocycles. The average molecular weight is 379 g/mol. The molecule has 1 amide bonds. The third-order valence-corrected chi connectivity index (χ3v) is 3.70. The molecule has 0 saturated heterocycles. The van der Waals surface area contributed by atoms with Gasteiger partial charge in [0.2, 0.25) is 0 Å². The van der Waals surface area contributed by atoms with Crippen molar-refractivity contribution in [2.24, 2.45) is 0 Å². The number of halogens is 1. The first-order chi connectivity index (χ1) is 9.46. The van der Waals surface area contributed by atoms with Gasteiger partial charge in [0.05, 0.1) is 0 Å². The molecule has 0 bridgehead atoms. The zero-order valence-electron chi connectivity index (χ0n) is 11.7. The van der Waals surface area contributed by atoms with Crippen molar-refractivity contribution in [2.75, 3.05) is 0 Å². The van der Waals surface area contributed by atoms with Crippen LogP contribution in [0.4, 0.5) is 0 Å². The number of hydrogen-bond acceptors (Lipinski definition) is 1. The van der Waals surface area contributed by atoms with Gasteiger partial charge in [0, 0.05) is 14.7 Å². The van der Waals surface area contributed by atoms with E-state index in [0.29, 0.717) is 5.56 Å². The Morgan fingerprint density at radius 2 is 1.80 bits per heavy atom. The van der Waals surface area contributed by atoms with Crippen LogP contribution in [0, 0.1) is 3.57 Å². The third-order valence-electron chi connectivity index (χ3n) is 3.03. The average Bonchev–Trinajstić information content (AvgIpc) is 2.38. The number of benzene rings is 2. The monoisotopic (exact) mass is 379 g/mol. The van der Waals surface area contributed by atoms with E-state index >= 15 is 0 Å². The van der Waals surface area contributed by atoms with Gasteiger partial charge in [-0.05, 0) is 66.6 Å². The molecule has 0 atom stereocenters. The van der Waals surface area contributed by atoms with Crippen molar-refractivity contribution < 1.29 is 4.79 Å². The molecule has 104 valence electrons. The highest BCUT2D eigenvalue weighted by Crippen LogP contribution is 2.14. The largest absolute Gasteiger partial charge is 0.347 e. The van der Waals surface area contributed by atoms with E-state index in [-0.39, 0.29) is 11.4 Å². The first-order valence-corrected chi connectivity index (χ1v) is 7.66. The van der Waals surface area contributed by atoms with E-state index in [1.807, 2.05) is 56.3 Å². The molecule has 2 nitrogen and oxygen atoms in total. The predicted molar refractivity (Wildman–Crippen MR) is 90.9 cm³/mol. The topological polar surface area (TPSA) is 29.1 Å². The van der Waals surface area contributed by atoms with Gasteiger partial charge in [0.1, 0.15) is 0 Å². The highest BCUT2D eigenvalue weighted by Gasteiger charge is 2.21. The van der Waals surface area contributed by atoms with Gasteiger partial charge in [-0.1, -0.05) is 36.4 Å². The fraction of sp³-hybridized carbons (Fsp3) is 0.235. The molecule has 0 aliphatic heterocycles. The predicted octanol–water partition coefficient (Wildman–Crippen LogP) is 4.04. The molecular weight excluding hydrogens is 361 g/mol. The van der Waals surface area contributed by atoms with Crippen molar-refractivity contribution in [3.8, 4) is 0 Å². The molecule has 0 aliphatic rings. The molecule has 2 rings (SSSR count). The zero-order chi connectivity index (χ0) is 14.6.